The van der Waals surface area contributed by atoms with Crippen molar-refractivity contribution in [3.63, 3.8) is 0 Å². The zero-order valence-electron chi connectivity index (χ0n) is 13.5. The fourth-order valence-corrected chi connectivity index (χ4v) is 3.72. The summed E-state index contributed by atoms with van der Waals surface area (Å²) in [7, 11) is 0. The first-order chi connectivity index (χ1) is 11.1. The van der Waals surface area contributed by atoms with Crippen LogP contribution >= 0.6 is 15.9 Å². The second kappa shape index (κ2) is 7.20. The lowest BCUT2D eigenvalue weighted by molar-refractivity contribution is 0.162. The molecule has 0 aromatic carbocycles. The highest BCUT2D eigenvalue weighted by atomic mass is 79.9. The molecule has 5 nitrogen and oxygen atoms in total. The number of hydrogen-bond acceptors (Lipinski definition) is 4. The minimum Gasteiger partial charge on any atom is -0.387 e. The van der Waals surface area contributed by atoms with Gasteiger partial charge in [0.1, 0.15) is 5.65 Å². The molecule has 6 heteroatoms. The van der Waals surface area contributed by atoms with Gasteiger partial charge in [0.25, 0.3) is 0 Å². The van der Waals surface area contributed by atoms with Crippen molar-refractivity contribution in [2.45, 2.75) is 63.6 Å². The Balaban J connectivity index is 1.87. The number of fused-ring (bicyclic) bond motifs is 1. The van der Waals surface area contributed by atoms with E-state index in [1.54, 1.807) is 0 Å². The SMILES string of the molecule is CCCC(O)c1cc2c(N[C@H]3CC[C@H](N)CC3)c(Br)cnc2[nH]1. The lowest BCUT2D eigenvalue weighted by Gasteiger charge is -2.28. The van der Waals surface area contributed by atoms with Crippen molar-refractivity contribution in [3.8, 4) is 0 Å². The minimum atomic E-state index is -0.464. The monoisotopic (exact) mass is 380 g/mol. The highest BCUT2D eigenvalue weighted by Gasteiger charge is 2.21. The van der Waals surface area contributed by atoms with Crippen LogP contribution in [-0.4, -0.2) is 27.2 Å². The Labute approximate surface area is 145 Å². The molecule has 2 heterocycles. The number of aromatic amines is 1. The number of nitrogens with one attached hydrogen (secondary N) is 2. The molecule has 126 valence electrons. The Morgan fingerprint density at radius 2 is 2.17 bits per heavy atom. The lowest BCUT2D eigenvalue weighted by Crippen LogP contribution is -2.32. The third kappa shape index (κ3) is 3.70. The number of aromatic nitrogens is 2. The number of halogens is 1. The van der Waals surface area contributed by atoms with Crippen LogP contribution in [0.4, 0.5) is 5.69 Å². The fraction of sp³-hybridized carbons (Fsp3) is 0.588. The number of pyridine rings is 1. The summed E-state index contributed by atoms with van der Waals surface area (Å²) < 4.78 is 0.954. The van der Waals surface area contributed by atoms with Gasteiger partial charge in [-0.25, -0.2) is 4.98 Å². The van der Waals surface area contributed by atoms with E-state index in [-0.39, 0.29) is 0 Å². The number of hydrogen-bond donors (Lipinski definition) is 4. The maximum absolute atomic E-state index is 10.2. The van der Waals surface area contributed by atoms with Gasteiger partial charge in [0, 0.05) is 29.4 Å². The van der Waals surface area contributed by atoms with Gasteiger partial charge in [-0.3, -0.25) is 0 Å². The van der Waals surface area contributed by atoms with E-state index in [1.165, 1.54) is 0 Å². The van der Waals surface area contributed by atoms with Crippen LogP contribution in [0.5, 0.6) is 0 Å². The molecule has 1 aliphatic carbocycles. The van der Waals surface area contributed by atoms with Gasteiger partial charge < -0.3 is 21.1 Å². The lowest BCUT2D eigenvalue weighted by atomic mass is 9.91. The van der Waals surface area contributed by atoms with Crippen LogP contribution in [-0.2, 0) is 0 Å². The first kappa shape index (κ1) is 16.7. The Kier molecular flexibility index (Phi) is 5.24. The van der Waals surface area contributed by atoms with Gasteiger partial charge in [-0.15, -0.1) is 0 Å². The standard InChI is InChI=1S/C17H25BrN4O/c1-2-3-15(23)14-8-12-16(13(18)9-20-17(12)22-14)21-11-6-4-10(19)5-7-11/h8-11,15,23H,2-7,19H2,1H3,(H2,20,21,22)/t10-,11-,15?. The zero-order valence-corrected chi connectivity index (χ0v) is 15.1. The molecule has 1 fully saturated rings. The number of H-pyrrole nitrogens is 1. The number of anilines is 1. The predicted octanol–water partition coefficient (Wildman–Crippen LogP) is 3.84. The highest BCUT2D eigenvalue weighted by Crippen LogP contribution is 2.34. The number of aliphatic hydroxyl groups excluding tert-OH is 1. The maximum Gasteiger partial charge on any atom is 0.139 e. The first-order valence-electron chi connectivity index (χ1n) is 8.45. The summed E-state index contributed by atoms with van der Waals surface area (Å²) in [5, 5.41) is 14.9. The molecule has 5 N–H and O–H groups in total. The van der Waals surface area contributed by atoms with Crippen LogP contribution in [0.1, 0.15) is 57.2 Å². The average Bonchev–Trinajstić information content (AvgIpc) is 2.97. The molecule has 3 rings (SSSR count). The largest absolute Gasteiger partial charge is 0.387 e. The highest BCUT2D eigenvalue weighted by molar-refractivity contribution is 9.10. The van der Waals surface area contributed by atoms with Crippen LogP contribution in [0.2, 0.25) is 0 Å². The number of nitrogens with two attached hydrogens (primary N) is 1. The number of aliphatic hydroxyl groups is 1. The second-order valence-electron chi connectivity index (χ2n) is 6.53. The van der Waals surface area contributed by atoms with Gasteiger partial charge in [-0.1, -0.05) is 13.3 Å². The molecule has 0 amide bonds. The van der Waals surface area contributed by atoms with Gasteiger partial charge in [-0.05, 0) is 54.1 Å². The molecule has 0 radical (unpaired) electrons. The summed E-state index contributed by atoms with van der Waals surface area (Å²) in [6, 6.07) is 2.80. The van der Waals surface area contributed by atoms with E-state index in [9.17, 15) is 5.11 Å². The van der Waals surface area contributed by atoms with Crippen molar-refractivity contribution < 1.29 is 5.11 Å². The van der Waals surface area contributed by atoms with Crippen molar-refractivity contribution in [2.24, 2.45) is 5.73 Å². The molecule has 0 aliphatic heterocycles. The van der Waals surface area contributed by atoms with E-state index >= 15 is 0 Å². The summed E-state index contributed by atoms with van der Waals surface area (Å²) in [5.74, 6) is 0. The molecule has 2 aromatic heterocycles. The van der Waals surface area contributed by atoms with Crippen molar-refractivity contribution in [2.75, 3.05) is 5.32 Å². The Bertz CT molecular complexity index is 664. The molecule has 1 unspecified atom stereocenters. The van der Waals surface area contributed by atoms with E-state index in [4.69, 9.17) is 5.73 Å². The van der Waals surface area contributed by atoms with Gasteiger partial charge in [0.05, 0.1) is 16.3 Å². The molecule has 1 aliphatic rings. The Hall–Kier alpha value is -1.11. The Morgan fingerprint density at radius 3 is 2.87 bits per heavy atom. The molecule has 23 heavy (non-hydrogen) atoms. The molecule has 1 atom stereocenters. The van der Waals surface area contributed by atoms with E-state index in [0.29, 0.717) is 12.1 Å². The van der Waals surface area contributed by atoms with Crippen LogP contribution < -0.4 is 11.1 Å². The van der Waals surface area contributed by atoms with E-state index in [1.807, 2.05) is 12.3 Å². The molecule has 0 saturated heterocycles. The third-order valence-electron chi connectivity index (χ3n) is 4.67. The van der Waals surface area contributed by atoms with Crippen molar-refractivity contribution >= 4 is 32.7 Å². The Morgan fingerprint density at radius 1 is 1.43 bits per heavy atom. The summed E-state index contributed by atoms with van der Waals surface area (Å²) in [6.07, 6.45) is 7.35. The van der Waals surface area contributed by atoms with Crippen LogP contribution in [0, 0.1) is 0 Å². The minimum absolute atomic E-state index is 0.344. The van der Waals surface area contributed by atoms with Crippen LogP contribution in [0.25, 0.3) is 11.0 Å². The molecular weight excluding hydrogens is 356 g/mol. The summed E-state index contributed by atoms with van der Waals surface area (Å²) in [6.45, 7) is 2.07. The normalized spacial score (nSPS) is 23.1. The van der Waals surface area contributed by atoms with Gasteiger partial charge in [0.2, 0.25) is 0 Å². The fourth-order valence-electron chi connectivity index (χ4n) is 3.29. The second-order valence-corrected chi connectivity index (χ2v) is 7.38. The first-order valence-corrected chi connectivity index (χ1v) is 9.25. The van der Waals surface area contributed by atoms with Crippen LogP contribution in [0.3, 0.4) is 0 Å². The number of nitrogens with zero attached hydrogens (tertiary/aromatic N) is 1. The van der Waals surface area contributed by atoms with E-state index < -0.39 is 6.10 Å². The van der Waals surface area contributed by atoms with E-state index in [0.717, 1.165) is 65.4 Å². The topological polar surface area (TPSA) is 87.0 Å². The smallest absolute Gasteiger partial charge is 0.139 e. The van der Waals surface area contributed by atoms with Crippen molar-refractivity contribution in [1.29, 1.82) is 0 Å². The molecule has 0 bridgehead atoms. The molecule has 0 spiro atoms. The van der Waals surface area contributed by atoms with Crippen LogP contribution in [0.15, 0.2) is 16.7 Å². The molecule has 2 aromatic rings. The van der Waals surface area contributed by atoms with Crippen molar-refractivity contribution in [3.05, 3.63) is 22.4 Å². The molecule has 1 saturated carbocycles. The summed E-state index contributed by atoms with van der Waals surface area (Å²) >= 11 is 3.61. The average molecular weight is 381 g/mol. The van der Waals surface area contributed by atoms with E-state index in [2.05, 4.69) is 38.1 Å². The van der Waals surface area contributed by atoms with Gasteiger partial charge >= 0.3 is 0 Å². The predicted molar refractivity (Wildman–Crippen MR) is 97.5 cm³/mol. The number of rotatable bonds is 5. The molecular formula is C17H25BrN4O. The van der Waals surface area contributed by atoms with Gasteiger partial charge in [-0.2, -0.15) is 0 Å². The maximum atomic E-state index is 10.2. The quantitative estimate of drug-likeness (QED) is 0.634. The van der Waals surface area contributed by atoms with Gasteiger partial charge in [0.15, 0.2) is 0 Å². The van der Waals surface area contributed by atoms with Crippen molar-refractivity contribution in [1.82, 2.24) is 9.97 Å². The summed E-state index contributed by atoms with van der Waals surface area (Å²) in [5.41, 5.74) is 8.70. The third-order valence-corrected chi connectivity index (χ3v) is 5.28. The summed E-state index contributed by atoms with van der Waals surface area (Å²) in [4.78, 5) is 7.69. The zero-order chi connectivity index (χ0) is 16.4.